The lowest BCUT2D eigenvalue weighted by Crippen LogP contribution is -2.53. The summed E-state index contributed by atoms with van der Waals surface area (Å²) in [5.41, 5.74) is 6.21. The van der Waals surface area contributed by atoms with E-state index in [1.807, 2.05) is 36.6 Å². The molecule has 0 saturated carbocycles. The molecule has 1 fully saturated rings. The zero-order chi connectivity index (χ0) is 13.9. The standard InChI is InChI=1S/C15H19N2O2/c1-15(11-18)8-5-9-17(15)14(19)13(16)10-12-6-3-2-4-7-12/h2-4,6-7,13H,5,8-10,16H2,1H3/t13-,15+/m0/s1. The lowest BCUT2D eigenvalue weighted by molar-refractivity contribution is -0.134. The Bertz CT molecular complexity index is 460. The van der Waals surface area contributed by atoms with Crippen LogP contribution in [0.2, 0.25) is 0 Å². The van der Waals surface area contributed by atoms with Crippen LogP contribution in [-0.2, 0) is 16.0 Å². The molecule has 0 aliphatic carbocycles. The molecular weight excluding hydrogens is 240 g/mol. The first-order valence-corrected chi connectivity index (χ1v) is 6.57. The maximum Gasteiger partial charge on any atom is 0.240 e. The molecule has 4 nitrogen and oxygen atoms in total. The second kappa shape index (κ2) is 5.53. The highest BCUT2D eigenvalue weighted by atomic mass is 16.2. The van der Waals surface area contributed by atoms with Crippen LogP contribution >= 0.6 is 0 Å². The number of hydrogen-bond acceptors (Lipinski definition) is 3. The average Bonchev–Trinajstić information content (AvgIpc) is 2.81. The summed E-state index contributed by atoms with van der Waals surface area (Å²) in [5, 5.41) is 0. The first-order chi connectivity index (χ1) is 9.07. The third-order valence-corrected chi connectivity index (χ3v) is 3.74. The van der Waals surface area contributed by atoms with E-state index in [2.05, 4.69) is 0 Å². The molecule has 1 aromatic rings. The van der Waals surface area contributed by atoms with Gasteiger partial charge in [0.05, 0.1) is 6.04 Å². The molecule has 1 aromatic carbocycles. The van der Waals surface area contributed by atoms with Crippen molar-refractivity contribution in [2.24, 2.45) is 5.73 Å². The van der Waals surface area contributed by atoms with Crippen molar-refractivity contribution < 1.29 is 9.59 Å². The van der Waals surface area contributed by atoms with Gasteiger partial charge in [-0.1, -0.05) is 30.3 Å². The van der Waals surface area contributed by atoms with Crippen LogP contribution in [0.15, 0.2) is 30.3 Å². The van der Waals surface area contributed by atoms with Gasteiger partial charge in [0.15, 0.2) is 0 Å². The Morgan fingerprint density at radius 2 is 2.16 bits per heavy atom. The van der Waals surface area contributed by atoms with Gasteiger partial charge in [-0.05, 0) is 31.7 Å². The Morgan fingerprint density at radius 3 is 2.79 bits per heavy atom. The lowest BCUT2D eigenvalue weighted by atomic mass is 9.99. The summed E-state index contributed by atoms with van der Waals surface area (Å²) >= 11 is 0. The van der Waals surface area contributed by atoms with Crippen LogP contribution in [0.1, 0.15) is 25.3 Å². The van der Waals surface area contributed by atoms with E-state index >= 15 is 0 Å². The fourth-order valence-electron chi connectivity index (χ4n) is 2.58. The summed E-state index contributed by atoms with van der Waals surface area (Å²) in [7, 11) is 0. The Morgan fingerprint density at radius 1 is 1.47 bits per heavy atom. The number of likely N-dealkylation sites (tertiary alicyclic amines) is 1. The fraction of sp³-hybridized carbons (Fsp3) is 0.467. The summed E-state index contributed by atoms with van der Waals surface area (Å²) in [5.74, 6) is -0.160. The van der Waals surface area contributed by atoms with Crippen molar-refractivity contribution in [3.05, 3.63) is 35.9 Å². The number of hydrogen-bond donors (Lipinski definition) is 1. The molecule has 1 aliphatic heterocycles. The molecular formula is C15H19N2O2. The zero-order valence-corrected chi connectivity index (χ0v) is 11.1. The molecule has 1 amide bonds. The molecule has 2 rings (SSSR count). The number of carbonyl (C=O) groups excluding carboxylic acids is 2. The molecule has 4 heteroatoms. The summed E-state index contributed by atoms with van der Waals surface area (Å²) in [6, 6.07) is 9.06. The van der Waals surface area contributed by atoms with Crippen molar-refractivity contribution in [2.75, 3.05) is 6.54 Å². The number of carbonyl (C=O) groups is 1. The normalized spacial score (nSPS) is 24.2. The van der Waals surface area contributed by atoms with Gasteiger partial charge in [0.25, 0.3) is 0 Å². The van der Waals surface area contributed by atoms with Gasteiger partial charge in [0, 0.05) is 6.54 Å². The van der Waals surface area contributed by atoms with Crippen LogP contribution in [0.25, 0.3) is 0 Å². The SMILES string of the molecule is C[C@]1([C]=O)CCCN1C(=O)[C@@H](N)Cc1ccccc1. The van der Waals surface area contributed by atoms with Gasteiger partial charge in [-0.2, -0.15) is 0 Å². The summed E-state index contributed by atoms with van der Waals surface area (Å²) in [4.78, 5) is 25.0. The van der Waals surface area contributed by atoms with Crippen molar-refractivity contribution in [1.29, 1.82) is 0 Å². The molecule has 1 radical (unpaired) electrons. The van der Waals surface area contributed by atoms with Crippen molar-refractivity contribution in [1.82, 2.24) is 4.90 Å². The first-order valence-electron chi connectivity index (χ1n) is 6.57. The third kappa shape index (κ3) is 2.84. The van der Waals surface area contributed by atoms with E-state index in [-0.39, 0.29) is 5.91 Å². The average molecular weight is 259 g/mol. The topological polar surface area (TPSA) is 63.4 Å². The van der Waals surface area contributed by atoms with E-state index in [1.165, 1.54) is 0 Å². The first kappa shape index (κ1) is 13.7. The highest BCUT2D eigenvalue weighted by Crippen LogP contribution is 2.27. The third-order valence-electron chi connectivity index (χ3n) is 3.74. The maximum absolute atomic E-state index is 12.3. The van der Waals surface area contributed by atoms with E-state index in [0.29, 0.717) is 19.4 Å². The second-order valence-electron chi connectivity index (χ2n) is 5.27. The Kier molecular flexibility index (Phi) is 4.00. The van der Waals surface area contributed by atoms with E-state index in [1.54, 1.807) is 11.8 Å². The number of amides is 1. The molecule has 19 heavy (non-hydrogen) atoms. The van der Waals surface area contributed by atoms with Gasteiger partial charge in [0.1, 0.15) is 5.54 Å². The molecule has 0 aromatic heterocycles. The van der Waals surface area contributed by atoms with E-state index < -0.39 is 11.6 Å². The van der Waals surface area contributed by atoms with Crippen molar-refractivity contribution in [3.63, 3.8) is 0 Å². The molecule has 0 spiro atoms. The van der Waals surface area contributed by atoms with Crippen molar-refractivity contribution in [3.8, 4) is 0 Å². The zero-order valence-electron chi connectivity index (χ0n) is 11.1. The predicted molar refractivity (Wildman–Crippen MR) is 73.2 cm³/mol. The summed E-state index contributed by atoms with van der Waals surface area (Å²) in [6.45, 7) is 2.34. The van der Waals surface area contributed by atoms with E-state index in [4.69, 9.17) is 5.73 Å². The Balaban J connectivity index is 2.05. The van der Waals surface area contributed by atoms with Gasteiger partial charge in [-0.3, -0.25) is 9.59 Å². The summed E-state index contributed by atoms with van der Waals surface area (Å²) in [6.07, 6.45) is 3.98. The van der Waals surface area contributed by atoms with Crippen molar-refractivity contribution >= 4 is 12.2 Å². The second-order valence-corrected chi connectivity index (χ2v) is 5.27. The fourth-order valence-corrected chi connectivity index (χ4v) is 2.58. The number of benzene rings is 1. The monoisotopic (exact) mass is 259 g/mol. The quantitative estimate of drug-likeness (QED) is 0.879. The Hall–Kier alpha value is -1.68. The molecule has 0 bridgehead atoms. The molecule has 2 atom stereocenters. The predicted octanol–water partition coefficient (Wildman–Crippen LogP) is 1.05. The van der Waals surface area contributed by atoms with Crippen LogP contribution in [0, 0.1) is 0 Å². The van der Waals surface area contributed by atoms with Crippen LogP contribution in [-0.4, -0.2) is 35.2 Å². The summed E-state index contributed by atoms with van der Waals surface area (Å²) < 4.78 is 0. The molecule has 1 heterocycles. The molecule has 0 unspecified atom stereocenters. The highest BCUT2D eigenvalue weighted by Gasteiger charge is 2.41. The van der Waals surface area contributed by atoms with Gasteiger partial charge in [0.2, 0.25) is 12.2 Å². The van der Waals surface area contributed by atoms with Crippen LogP contribution in [0.4, 0.5) is 0 Å². The van der Waals surface area contributed by atoms with E-state index in [0.717, 1.165) is 12.0 Å². The van der Waals surface area contributed by atoms with Crippen LogP contribution in [0.3, 0.4) is 0 Å². The van der Waals surface area contributed by atoms with Crippen LogP contribution in [0.5, 0.6) is 0 Å². The largest absolute Gasteiger partial charge is 0.328 e. The maximum atomic E-state index is 12.3. The molecule has 2 N–H and O–H groups in total. The van der Waals surface area contributed by atoms with Gasteiger partial charge in [-0.25, -0.2) is 0 Å². The minimum absolute atomic E-state index is 0.160. The lowest BCUT2D eigenvalue weighted by Gasteiger charge is -2.31. The van der Waals surface area contributed by atoms with Crippen molar-refractivity contribution in [2.45, 2.75) is 37.8 Å². The Labute approximate surface area is 113 Å². The number of nitrogens with zero attached hydrogens (tertiary/aromatic N) is 1. The minimum Gasteiger partial charge on any atom is -0.328 e. The molecule has 101 valence electrons. The van der Waals surface area contributed by atoms with Gasteiger partial charge >= 0.3 is 0 Å². The van der Waals surface area contributed by atoms with Gasteiger partial charge in [-0.15, -0.1) is 0 Å². The highest BCUT2D eigenvalue weighted by molar-refractivity contribution is 5.86. The van der Waals surface area contributed by atoms with Crippen LogP contribution < -0.4 is 5.73 Å². The minimum atomic E-state index is -0.800. The smallest absolute Gasteiger partial charge is 0.240 e. The molecule has 1 aliphatic rings. The number of rotatable bonds is 4. The van der Waals surface area contributed by atoms with Gasteiger partial charge < -0.3 is 10.6 Å². The molecule has 1 saturated heterocycles. The number of nitrogens with two attached hydrogens (primary N) is 1. The van der Waals surface area contributed by atoms with E-state index in [9.17, 15) is 9.59 Å².